The summed E-state index contributed by atoms with van der Waals surface area (Å²) in [6.07, 6.45) is 3.74. The molecule has 0 unspecified atom stereocenters. The number of likely N-dealkylation sites (tertiary alicyclic amines) is 1. The summed E-state index contributed by atoms with van der Waals surface area (Å²) in [5, 5.41) is 7.81. The molecule has 4 aromatic rings. The van der Waals surface area contributed by atoms with Crippen LogP contribution < -0.4 is 5.32 Å². The molecule has 1 atom stereocenters. The zero-order valence-electron chi connectivity index (χ0n) is 18.1. The lowest BCUT2D eigenvalue weighted by molar-refractivity contribution is -0.129. The second kappa shape index (κ2) is 9.16. The first-order chi connectivity index (χ1) is 16.2. The van der Waals surface area contributed by atoms with Crippen LogP contribution in [0.3, 0.4) is 0 Å². The topological polar surface area (TPSA) is 80.4 Å². The van der Waals surface area contributed by atoms with Gasteiger partial charge in [-0.2, -0.15) is 5.10 Å². The number of amides is 2. The molecule has 1 fully saturated rings. The van der Waals surface area contributed by atoms with E-state index in [9.17, 15) is 9.59 Å². The quantitative estimate of drug-likeness (QED) is 0.474. The summed E-state index contributed by atoms with van der Waals surface area (Å²) in [6, 6.07) is 23.4. The SMILES string of the molecule is O=C(NCc1cn(-c2ccccc2)nc1-c1ccccc1)[C@H]1CC(=O)N(Cc2ccco2)C1. The highest BCUT2D eigenvalue weighted by Crippen LogP contribution is 2.25. The van der Waals surface area contributed by atoms with Crippen molar-refractivity contribution >= 4 is 11.8 Å². The predicted octanol–water partition coefficient (Wildman–Crippen LogP) is 3.80. The lowest BCUT2D eigenvalue weighted by atomic mass is 10.1. The minimum absolute atomic E-state index is 0.0339. The molecule has 7 heteroatoms. The van der Waals surface area contributed by atoms with Crippen molar-refractivity contribution in [3.63, 3.8) is 0 Å². The Morgan fingerprint density at radius 1 is 1.03 bits per heavy atom. The molecule has 2 aromatic heterocycles. The van der Waals surface area contributed by atoms with Crippen LogP contribution in [0.15, 0.2) is 89.7 Å². The second-order valence-electron chi connectivity index (χ2n) is 8.12. The number of nitrogens with one attached hydrogen (secondary N) is 1. The molecule has 0 spiro atoms. The first-order valence-corrected chi connectivity index (χ1v) is 10.9. The third-order valence-electron chi connectivity index (χ3n) is 5.82. The smallest absolute Gasteiger partial charge is 0.225 e. The van der Waals surface area contributed by atoms with Crippen molar-refractivity contribution in [1.29, 1.82) is 0 Å². The van der Waals surface area contributed by atoms with E-state index in [4.69, 9.17) is 9.52 Å². The first kappa shape index (κ1) is 20.8. The number of furan rings is 1. The zero-order valence-corrected chi connectivity index (χ0v) is 18.1. The average Bonchev–Trinajstić information content (AvgIpc) is 3.60. The highest BCUT2D eigenvalue weighted by atomic mass is 16.3. The van der Waals surface area contributed by atoms with Crippen molar-refractivity contribution in [1.82, 2.24) is 20.0 Å². The summed E-state index contributed by atoms with van der Waals surface area (Å²) in [7, 11) is 0. The van der Waals surface area contributed by atoms with Crippen molar-refractivity contribution in [2.75, 3.05) is 6.54 Å². The molecule has 0 saturated carbocycles. The Bertz CT molecular complexity index is 1230. The maximum Gasteiger partial charge on any atom is 0.225 e. The van der Waals surface area contributed by atoms with E-state index in [1.165, 1.54) is 0 Å². The number of carbonyl (C=O) groups excluding carboxylic acids is 2. The van der Waals surface area contributed by atoms with Crippen molar-refractivity contribution in [2.24, 2.45) is 5.92 Å². The number of nitrogens with zero attached hydrogens (tertiary/aromatic N) is 3. The Morgan fingerprint density at radius 2 is 1.79 bits per heavy atom. The lowest BCUT2D eigenvalue weighted by Crippen LogP contribution is -2.32. The molecule has 5 rings (SSSR count). The fraction of sp³-hybridized carbons (Fsp3) is 0.192. The molecule has 33 heavy (non-hydrogen) atoms. The molecular weight excluding hydrogens is 416 g/mol. The molecule has 1 aliphatic heterocycles. The third kappa shape index (κ3) is 4.57. The second-order valence-corrected chi connectivity index (χ2v) is 8.12. The summed E-state index contributed by atoms with van der Waals surface area (Å²) in [4.78, 5) is 26.9. The van der Waals surface area contributed by atoms with E-state index in [0.29, 0.717) is 25.4 Å². The van der Waals surface area contributed by atoms with Crippen molar-refractivity contribution in [3.8, 4) is 16.9 Å². The number of benzene rings is 2. The van der Waals surface area contributed by atoms with Crippen molar-refractivity contribution < 1.29 is 14.0 Å². The Balaban J connectivity index is 1.30. The molecule has 2 aromatic carbocycles. The maximum atomic E-state index is 12.9. The molecule has 1 N–H and O–H groups in total. The number of rotatable bonds is 7. The van der Waals surface area contributed by atoms with Crippen LogP contribution in [-0.2, 0) is 22.7 Å². The van der Waals surface area contributed by atoms with Crippen LogP contribution in [0, 0.1) is 5.92 Å². The number of hydrogen-bond acceptors (Lipinski definition) is 4. The summed E-state index contributed by atoms with van der Waals surface area (Å²) in [5.41, 5.74) is 3.66. The summed E-state index contributed by atoms with van der Waals surface area (Å²) < 4.78 is 7.16. The van der Waals surface area contributed by atoms with Gasteiger partial charge in [0.2, 0.25) is 11.8 Å². The maximum absolute atomic E-state index is 12.9. The highest BCUT2D eigenvalue weighted by molar-refractivity contribution is 5.89. The van der Waals surface area contributed by atoms with Crippen LogP contribution in [0.5, 0.6) is 0 Å². The van der Waals surface area contributed by atoms with Crippen LogP contribution in [0.4, 0.5) is 0 Å². The molecule has 1 aliphatic rings. The summed E-state index contributed by atoms with van der Waals surface area (Å²) in [5.74, 6) is 0.173. The van der Waals surface area contributed by atoms with Crippen LogP contribution >= 0.6 is 0 Å². The highest BCUT2D eigenvalue weighted by Gasteiger charge is 2.34. The average molecular weight is 441 g/mol. The molecule has 0 aliphatic carbocycles. The number of aromatic nitrogens is 2. The molecule has 2 amide bonds. The van der Waals surface area contributed by atoms with Crippen molar-refractivity contribution in [3.05, 3.63) is 96.6 Å². The molecule has 1 saturated heterocycles. The van der Waals surface area contributed by atoms with E-state index in [0.717, 1.165) is 22.5 Å². The predicted molar refractivity (Wildman–Crippen MR) is 123 cm³/mol. The van der Waals surface area contributed by atoms with Crippen LogP contribution in [0.1, 0.15) is 17.7 Å². The first-order valence-electron chi connectivity index (χ1n) is 10.9. The van der Waals surface area contributed by atoms with Gasteiger partial charge in [0, 0.05) is 36.8 Å². The number of carbonyl (C=O) groups is 2. The Kier molecular flexibility index (Phi) is 5.76. The van der Waals surface area contributed by atoms with Crippen LogP contribution in [0.2, 0.25) is 0 Å². The Morgan fingerprint density at radius 3 is 2.52 bits per heavy atom. The van der Waals surface area contributed by atoms with Gasteiger partial charge in [0.25, 0.3) is 0 Å². The molecular formula is C26H24N4O3. The minimum Gasteiger partial charge on any atom is -0.467 e. The van der Waals surface area contributed by atoms with Crippen LogP contribution in [-0.4, -0.2) is 33.0 Å². The van der Waals surface area contributed by atoms with E-state index in [-0.39, 0.29) is 24.2 Å². The Hall–Kier alpha value is -4.13. The number of para-hydroxylation sites is 1. The van der Waals surface area contributed by atoms with Gasteiger partial charge in [-0.1, -0.05) is 48.5 Å². The fourth-order valence-electron chi connectivity index (χ4n) is 4.11. The van der Waals surface area contributed by atoms with E-state index >= 15 is 0 Å². The van der Waals surface area contributed by atoms with Gasteiger partial charge in [-0.05, 0) is 24.3 Å². The van der Waals surface area contributed by atoms with Gasteiger partial charge in [-0.3, -0.25) is 9.59 Å². The Labute approximate surface area is 191 Å². The minimum atomic E-state index is -0.378. The summed E-state index contributed by atoms with van der Waals surface area (Å²) in [6.45, 7) is 1.11. The van der Waals surface area contributed by atoms with Crippen molar-refractivity contribution in [2.45, 2.75) is 19.5 Å². The normalized spacial score (nSPS) is 15.7. The van der Waals surface area contributed by atoms with E-state index in [2.05, 4.69) is 5.32 Å². The standard InChI is InChI=1S/C26H24N4O3/c31-24-14-20(16-29(24)18-23-12-7-13-33-23)26(32)27-15-21-17-30(22-10-5-2-6-11-22)28-25(21)19-8-3-1-4-9-19/h1-13,17,20H,14-16,18H2,(H,27,32)/t20-/m0/s1. The van der Waals surface area contributed by atoms with Gasteiger partial charge in [-0.25, -0.2) is 4.68 Å². The molecule has 0 radical (unpaired) electrons. The zero-order chi connectivity index (χ0) is 22.6. The van der Waals surface area contributed by atoms with Gasteiger partial charge in [0.1, 0.15) is 5.76 Å². The number of hydrogen-bond donors (Lipinski definition) is 1. The van der Waals surface area contributed by atoms with E-state index in [1.54, 1.807) is 17.2 Å². The molecule has 3 heterocycles. The van der Waals surface area contributed by atoms with E-state index < -0.39 is 0 Å². The van der Waals surface area contributed by atoms with Gasteiger partial charge in [0.05, 0.1) is 30.1 Å². The molecule has 7 nitrogen and oxygen atoms in total. The fourth-order valence-corrected chi connectivity index (χ4v) is 4.11. The summed E-state index contributed by atoms with van der Waals surface area (Å²) >= 11 is 0. The third-order valence-corrected chi connectivity index (χ3v) is 5.82. The molecule has 166 valence electrons. The van der Waals surface area contributed by atoms with Crippen LogP contribution in [0.25, 0.3) is 16.9 Å². The van der Waals surface area contributed by atoms with Gasteiger partial charge in [0.15, 0.2) is 0 Å². The largest absolute Gasteiger partial charge is 0.467 e. The van der Waals surface area contributed by atoms with E-state index in [1.807, 2.05) is 77.6 Å². The molecule has 0 bridgehead atoms. The lowest BCUT2D eigenvalue weighted by Gasteiger charge is -2.15. The monoisotopic (exact) mass is 440 g/mol. The van der Waals surface area contributed by atoms with Gasteiger partial charge in [-0.15, -0.1) is 0 Å². The van der Waals surface area contributed by atoms with Gasteiger partial charge >= 0.3 is 0 Å². The van der Waals surface area contributed by atoms with Gasteiger partial charge < -0.3 is 14.6 Å².